The second kappa shape index (κ2) is 12.0. The first-order valence-corrected chi connectivity index (χ1v) is 9.26. The summed E-state index contributed by atoms with van der Waals surface area (Å²) in [6, 6.07) is 0. The van der Waals surface area contributed by atoms with E-state index >= 15 is 0 Å². The van der Waals surface area contributed by atoms with Gasteiger partial charge in [-0.2, -0.15) is 0 Å². The molecule has 1 unspecified atom stereocenters. The van der Waals surface area contributed by atoms with Gasteiger partial charge in [-0.25, -0.2) is 0 Å². The van der Waals surface area contributed by atoms with Crippen molar-refractivity contribution in [3.8, 4) is 0 Å². The summed E-state index contributed by atoms with van der Waals surface area (Å²) >= 11 is 0. The van der Waals surface area contributed by atoms with Gasteiger partial charge in [0.15, 0.2) is 0 Å². The highest BCUT2D eigenvalue weighted by atomic mass is 16.2. The number of piperidine rings is 1. The van der Waals surface area contributed by atoms with E-state index in [0.717, 1.165) is 39.0 Å². The molecule has 1 aliphatic heterocycles. The number of carbonyl (C=O) groups is 1. The molecule has 0 aromatic rings. The molecule has 1 saturated heterocycles. The maximum atomic E-state index is 12.3. The third-order valence-electron chi connectivity index (χ3n) is 4.61. The molecule has 1 fully saturated rings. The molecule has 1 aliphatic rings. The molecule has 0 saturated carbocycles. The molecule has 1 heterocycles. The van der Waals surface area contributed by atoms with Crippen LogP contribution < -0.4 is 5.32 Å². The molecule has 0 bridgehead atoms. The summed E-state index contributed by atoms with van der Waals surface area (Å²) in [5.41, 5.74) is 0. The Hall–Kier alpha value is -0.570. The van der Waals surface area contributed by atoms with E-state index in [4.69, 9.17) is 0 Å². The minimum Gasteiger partial charge on any atom is -0.343 e. The molecule has 1 amide bonds. The van der Waals surface area contributed by atoms with Gasteiger partial charge < -0.3 is 10.2 Å². The molecule has 1 rings (SSSR count). The third-order valence-corrected chi connectivity index (χ3v) is 4.61. The van der Waals surface area contributed by atoms with Crippen LogP contribution >= 0.6 is 0 Å². The zero-order valence-corrected chi connectivity index (χ0v) is 14.3. The highest BCUT2D eigenvalue weighted by Crippen LogP contribution is 2.14. The van der Waals surface area contributed by atoms with Gasteiger partial charge in [0.1, 0.15) is 0 Å². The Labute approximate surface area is 131 Å². The lowest BCUT2D eigenvalue weighted by molar-refractivity contribution is -0.131. The Bertz CT molecular complexity index is 262. The minimum atomic E-state index is 0.372. The van der Waals surface area contributed by atoms with Crippen molar-refractivity contribution in [2.75, 3.05) is 26.2 Å². The molecule has 21 heavy (non-hydrogen) atoms. The molecule has 3 nitrogen and oxygen atoms in total. The van der Waals surface area contributed by atoms with Gasteiger partial charge >= 0.3 is 0 Å². The summed E-state index contributed by atoms with van der Waals surface area (Å²) in [6.45, 7) is 8.42. The van der Waals surface area contributed by atoms with Crippen LogP contribution in [0.1, 0.15) is 78.1 Å². The van der Waals surface area contributed by atoms with Gasteiger partial charge in [-0.15, -0.1) is 0 Å². The molecule has 0 aromatic heterocycles. The van der Waals surface area contributed by atoms with Crippen molar-refractivity contribution < 1.29 is 4.79 Å². The predicted octanol–water partition coefficient (Wildman–Crippen LogP) is 3.98. The third kappa shape index (κ3) is 8.45. The van der Waals surface area contributed by atoms with Crippen LogP contribution in [-0.4, -0.2) is 37.0 Å². The number of carbonyl (C=O) groups excluding carboxylic acids is 1. The summed E-state index contributed by atoms with van der Waals surface area (Å²) in [5.74, 6) is 1.04. The Morgan fingerprint density at radius 2 is 1.81 bits per heavy atom. The average Bonchev–Trinajstić information content (AvgIpc) is 2.52. The SMILES string of the molecule is CCCCCCCCCC(=O)N(CC)CC1CCCNC1. The highest BCUT2D eigenvalue weighted by molar-refractivity contribution is 5.76. The highest BCUT2D eigenvalue weighted by Gasteiger charge is 2.19. The van der Waals surface area contributed by atoms with Gasteiger partial charge in [-0.1, -0.05) is 45.4 Å². The fraction of sp³-hybridized carbons (Fsp3) is 0.944. The number of amides is 1. The molecule has 0 radical (unpaired) electrons. The van der Waals surface area contributed by atoms with Gasteiger partial charge in [-0.05, 0) is 45.2 Å². The Morgan fingerprint density at radius 3 is 2.43 bits per heavy atom. The maximum absolute atomic E-state index is 12.3. The molecule has 124 valence electrons. The van der Waals surface area contributed by atoms with E-state index in [-0.39, 0.29) is 0 Å². The number of nitrogens with one attached hydrogen (secondary N) is 1. The van der Waals surface area contributed by atoms with Crippen LogP contribution in [0.4, 0.5) is 0 Å². The molecule has 0 spiro atoms. The molecule has 3 heteroatoms. The molecule has 0 aliphatic carbocycles. The van der Waals surface area contributed by atoms with Crippen LogP contribution in [0.15, 0.2) is 0 Å². The number of rotatable bonds is 11. The van der Waals surface area contributed by atoms with E-state index in [2.05, 4.69) is 24.1 Å². The smallest absolute Gasteiger partial charge is 0.222 e. The first-order valence-electron chi connectivity index (χ1n) is 9.26. The first-order chi connectivity index (χ1) is 10.3. The first kappa shape index (κ1) is 18.5. The molecule has 1 atom stereocenters. The lowest BCUT2D eigenvalue weighted by atomic mass is 9.99. The Balaban J connectivity index is 2.10. The second-order valence-electron chi connectivity index (χ2n) is 6.52. The van der Waals surface area contributed by atoms with Crippen molar-refractivity contribution in [1.82, 2.24) is 10.2 Å². The molecular weight excluding hydrogens is 260 g/mol. The topological polar surface area (TPSA) is 32.3 Å². The maximum Gasteiger partial charge on any atom is 0.222 e. The molecule has 1 N–H and O–H groups in total. The van der Waals surface area contributed by atoms with Gasteiger partial charge in [0.25, 0.3) is 0 Å². The zero-order valence-electron chi connectivity index (χ0n) is 14.3. The fourth-order valence-electron chi connectivity index (χ4n) is 3.19. The quantitative estimate of drug-likeness (QED) is 0.585. The summed E-state index contributed by atoms with van der Waals surface area (Å²) in [6.07, 6.45) is 12.2. The Kier molecular flexibility index (Phi) is 10.6. The van der Waals surface area contributed by atoms with Crippen LogP contribution in [0, 0.1) is 5.92 Å². The standard InChI is InChI=1S/C18H36N2O/c1-3-5-6-7-8-9-10-13-18(21)20(4-2)16-17-12-11-14-19-15-17/h17,19H,3-16H2,1-2H3. The van der Waals surface area contributed by atoms with E-state index in [1.54, 1.807) is 0 Å². The van der Waals surface area contributed by atoms with Crippen molar-refractivity contribution in [3.63, 3.8) is 0 Å². The molecule has 0 aromatic carbocycles. The minimum absolute atomic E-state index is 0.372. The summed E-state index contributed by atoms with van der Waals surface area (Å²) < 4.78 is 0. The number of hydrogen-bond acceptors (Lipinski definition) is 2. The average molecular weight is 296 g/mol. The van der Waals surface area contributed by atoms with Crippen molar-refractivity contribution in [1.29, 1.82) is 0 Å². The lowest BCUT2D eigenvalue weighted by Gasteiger charge is -2.29. The van der Waals surface area contributed by atoms with E-state index < -0.39 is 0 Å². The van der Waals surface area contributed by atoms with Crippen LogP contribution in [0.2, 0.25) is 0 Å². The normalized spacial score (nSPS) is 18.7. The molecular formula is C18H36N2O. The Morgan fingerprint density at radius 1 is 1.10 bits per heavy atom. The number of nitrogens with zero attached hydrogens (tertiary/aromatic N) is 1. The van der Waals surface area contributed by atoms with Crippen molar-refractivity contribution >= 4 is 5.91 Å². The summed E-state index contributed by atoms with van der Waals surface area (Å²) in [7, 11) is 0. The van der Waals surface area contributed by atoms with Crippen LogP contribution in [-0.2, 0) is 4.79 Å². The van der Waals surface area contributed by atoms with Gasteiger partial charge in [0, 0.05) is 19.5 Å². The van der Waals surface area contributed by atoms with E-state index in [1.807, 2.05) is 0 Å². The number of hydrogen-bond donors (Lipinski definition) is 1. The number of unbranched alkanes of at least 4 members (excludes halogenated alkanes) is 6. The van der Waals surface area contributed by atoms with Crippen molar-refractivity contribution in [2.24, 2.45) is 5.92 Å². The van der Waals surface area contributed by atoms with Crippen LogP contribution in [0.25, 0.3) is 0 Å². The van der Waals surface area contributed by atoms with Crippen molar-refractivity contribution in [2.45, 2.75) is 78.1 Å². The van der Waals surface area contributed by atoms with E-state index in [1.165, 1.54) is 51.4 Å². The lowest BCUT2D eigenvalue weighted by Crippen LogP contribution is -2.40. The van der Waals surface area contributed by atoms with Gasteiger partial charge in [0.05, 0.1) is 0 Å². The fourth-order valence-corrected chi connectivity index (χ4v) is 3.19. The summed E-state index contributed by atoms with van der Waals surface area (Å²) in [4.78, 5) is 14.4. The summed E-state index contributed by atoms with van der Waals surface area (Å²) in [5, 5.41) is 3.44. The second-order valence-corrected chi connectivity index (χ2v) is 6.52. The zero-order chi connectivity index (χ0) is 15.3. The van der Waals surface area contributed by atoms with Crippen LogP contribution in [0.3, 0.4) is 0 Å². The van der Waals surface area contributed by atoms with Crippen molar-refractivity contribution in [3.05, 3.63) is 0 Å². The predicted molar refractivity (Wildman–Crippen MR) is 90.5 cm³/mol. The van der Waals surface area contributed by atoms with E-state index in [9.17, 15) is 4.79 Å². The van der Waals surface area contributed by atoms with Gasteiger partial charge in [0.2, 0.25) is 5.91 Å². The van der Waals surface area contributed by atoms with Gasteiger partial charge in [-0.3, -0.25) is 4.79 Å². The largest absolute Gasteiger partial charge is 0.343 e. The monoisotopic (exact) mass is 296 g/mol. The van der Waals surface area contributed by atoms with E-state index in [0.29, 0.717) is 11.8 Å². The van der Waals surface area contributed by atoms with Crippen LogP contribution in [0.5, 0.6) is 0 Å².